The number of anilines is 1. The monoisotopic (exact) mass is 407 g/mol. The van der Waals surface area contributed by atoms with Gasteiger partial charge in [0.05, 0.1) is 5.69 Å². The predicted molar refractivity (Wildman–Crippen MR) is 107 cm³/mol. The standard InChI is InChI=1S/C17H15Cl2N5OS/c1-9-20-14-13(15(25)22-17(21-14)23-4-2-3-5-23)16(26)24(9)12-7-10(18)6-11(19)8-12/h6-8H,2-5H2,1H3,(H,21,22,25). The van der Waals surface area contributed by atoms with Crippen molar-refractivity contribution < 1.29 is 0 Å². The van der Waals surface area contributed by atoms with Gasteiger partial charge in [0.25, 0.3) is 5.56 Å². The quantitative estimate of drug-likeness (QED) is 0.648. The molecule has 0 saturated carbocycles. The summed E-state index contributed by atoms with van der Waals surface area (Å²) in [5, 5.41) is 1.24. The Hall–Kier alpha value is -1.96. The average Bonchev–Trinajstić information content (AvgIpc) is 3.07. The van der Waals surface area contributed by atoms with E-state index >= 15 is 0 Å². The summed E-state index contributed by atoms with van der Waals surface area (Å²) >= 11 is 17.8. The largest absolute Gasteiger partial charge is 0.342 e. The smallest absolute Gasteiger partial charge is 0.264 e. The molecule has 6 nitrogen and oxygen atoms in total. The summed E-state index contributed by atoms with van der Waals surface area (Å²) in [6.45, 7) is 3.56. The zero-order valence-corrected chi connectivity index (χ0v) is 16.3. The van der Waals surface area contributed by atoms with Crippen molar-refractivity contribution in [1.29, 1.82) is 0 Å². The van der Waals surface area contributed by atoms with Crippen molar-refractivity contribution >= 4 is 52.4 Å². The van der Waals surface area contributed by atoms with Gasteiger partial charge in [0.15, 0.2) is 5.65 Å². The van der Waals surface area contributed by atoms with Crippen LogP contribution in [0.1, 0.15) is 18.7 Å². The van der Waals surface area contributed by atoms with Crippen LogP contribution in [-0.4, -0.2) is 32.6 Å². The maximum Gasteiger partial charge on any atom is 0.264 e. The molecule has 0 unspecified atom stereocenters. The molecule has 134 valence electrons. The van der Waals surface area contributed by atoms with Gasteiger partial charge in [-0.05, 0) is 38.0 Å². The first-order valence-corrected chi connectivity index (χ1v) is 9.35. The highest BCUT2D eigenvalue weighted by molar-refractivity contribution is 7.71. The second-order valence-corrected chi connectivity index (χ2v) is 7.47. The maximum atomic E-state index is 12.7. The van der Waals surface area contributed by atoms with Crippen LogP contribution in [0.4, 0.5) is 5.95 Å². The van der Waals surface area contributed by atoms with E-state index in [2.05, 4.69) is 19.9 Å². The highest BCUT2D eigenvalue weighted by Crippen LogP contribution is 2.24. The Morgan fingerprint density at radius 2 is 1.77 bits per heavy atom. The molecule has 0 bridgehead atoms. The van der Waals surface area contributed by atoms with Crippen LogP contribution in [-0.2, 0) is 0 Å². The first kappa shape index (κ1) is 17.5. The molecule has 1 aromatic carbocycles. The van der Waals surface area contributed by atoms with Crippen LogP contribution < -0.4 is 10.5 Å². The summed E-state index contributed by atoms with van der Waals surface area (Å²) in [7, 11) is 0. The van der Waals surface area contributed by atoms with Crippen LogP contribution in [0, 0.1) is 11.6 Å². The number of benzene rings is 1. The molecule has 2 aromatic heterocycles. The molecule has 1 aliphatic heterocycles. The van der Waals surface area contributed by atoms with Gasteiger partial charge in [0.1, 0.15) is 15.9 Å². The number of fused-ring (bicyclic) bond motifs is 1. The van der Waals surface area contributed by atoms with Crippen LogP contribution in [0.5, 0.6) is 0 Å². The van der Waals surface area contributed by atoms with Gasteiger partial charge in [-0.2, -0.15) is 4.98 Å². The molecule has 9 heteroatoms. The number of rotatable bonds is 2. The van der Waals surface area contributed by atoms with Crippen molar-refractivity contribution in [1.82, 2.24) is 19.5 Å². The zero-order valence-electron chi connectivity index (χ0n) is 13.9. The lowest BCUT2D eigenvalue weighted by Gasteiger charge is -2.17. The van der Waals surface area contributed by atoms with E-state index < -0.39 is 0 Å². The molecular formula is C17H15Cl2N5OS. The highest BCUT2D eigenvalue weighted by atomic mass is 35.5. The average molecular weight is 408 g/mol. The Bertz CT molecular complexity index is 1110. The molecule has 0 spiro atoms. The summed E-state index contributed by atoms with van der Waals surface area (Å²) in [5.41, 5.74) is 0.709. The molecule has 0 radical (unpaired) electrons. The fourth-order valence-electron chi connectivity index (χ4n) is 3.24. The third-order valence-electron chi connectivity index (χ3n) is 4.41. The second-order valence-electron chi connectivity index (χ2n) is 6.21. The van der Waals surface area contributed by atoms with E-state index in [-0.39, 0.29) is 10.9 Å². The molecular weight excluding hydrogens is 393 g/mol. The van der Waals surface area contributed by atoms with Gasteiger partial charge < -0.3 is 4.90 Å². The van der Waals surface area contributed by atoms with Gasteiger partial charge >= 0.3 is 0 Å². The minimum atomic E-state index is -0.295. The lowest BCUT2D eigenvalue weighted by molar-refractivity contribution is 0.875. The maximum absolute atomic E-state index is 12.7. The number of H-pyrrole nitrogens is 1. The third-order valence-corrected chi connectivity index (χ3v) is 5.23. The molecule has 1 saturated heterocycles. The summed E-state index contributed by atoms with van der Waals surface area (Å²) in [4.78, 5) is 26.7. The SMILES string of the molecule is Cc1nc2nc(N3CCCC3)[nH]c(=O)c2c(=S)n1-c1cc(Cl)cc(Cl)c1. The molecule has 4 rings (SSSR count). The Labute approximate surface area is 164 Å². The van der Waals surface area contributed by atoms with Crippen LogP contribution in [0.15, 0.2) is 23.0 Å². The predicted octanol–water partition coefficient (Wildman–Crippen LogP) is 4.05. The summed E-state index contributed by atoms with van der Waals surface area (Å²) < 4.78 is 2.01. The van der Waals surface area contributed by atoms with Crippen molar-refractivity contribution in [2.24, 2.45) is 0 Å². The fourth-order valence-corrected chi connectivity index (χ4v) is 4.17. The number of nitrogens with zero attached hydrogens (tertiary/aromatic N) is 4. The minimum Gasteiger partial charge on any atom is -0.342 e. The van der Waals surface area contributed by atoms with E-state index in [1.165, 1.54) is 0 Å². The lowest BCUT2D eigenvalue weighted by atomic mass is 10.3. The summed E-state index contributed by atoms with van der Waals surface area (Å²) in [6.07, 6.45) is 2.18. The number of hydrogen-bond donors (Lipinski definition) is 1. The van der Waals surface area contributed by atoms with Gasteiger partial charge in [0.2, 0.25) is 5.95 Å². The molecule has 0 atom stereocenters. The first-order chi connectivity index (χ1) is 12.4. The van der Waals surface area contributed by atoms with Gasteiger partial charge in [0, 0.05) is 23.1 Å². The molecule has 0 amide bonds. The minimum absolute atomic E-state index is 0.282. The van der Waals surface area contributed by atoms with E-state index in [4.69, 9.17) is 35.4 Å². The Morgan fingerprint density at radius 1 is 1.12 bits per heavy atom. The van der Waals surface area contributed by atoms with E-state index in [0.717, 1.165) is 25.9 Å². The number of aryl methyl sites for hydroxylation is 1. The number of halogens is 2. The molecule has 3 aromatic rings. The van der Waals surface area contributed by atoms with E-state index in [9.17, 15) is 4.79 Å². The number of aromatic nitrogens is 4. The van der Waals surface area contributed by atoms with E-state index in [0.29, 0.717) is 37.8 Å². The van der Waals surface area contributed by atoms with Crippen molar-refractivity contribution in [3.8, 4) is 5.69 Å². The molecule has 0 aliphatic carbocycles. The number of aromatic amines is 1. The van der Waals surface area contributed by atoms with Gasteiger partial charge in [-0.3, -0.25) is 14.3 Å². The summed E-state index contributed by atoms with van der Waals surface area (Å²) in [5.74, 6) is 1.15. The van der Waals surface area contributed by atoms with E-state index in [1.54, 1.807) is 22.8 Å². The summed E-state index contributed by atoms with van der Waals surface area (Å²) in [6, 6.07) is 5.09. The lowest BCUT2D eigenvalue weighted by Crippen LogP contribution is -2.25. The van der Waals surface area contributed by atoms with Gasteiger partial charge in [-0.1, -0.05) is 35.4 Å². The Kier molecular flexibility index (Phi) is 4.46. The van der Waals surface area contributed by atoms with Gasteiger partial charge in [-0.25, -0.2) is 4.98 Å². The zero-order chi connectivity index (χ0) is 18.4. The molecule has 1 fully saturated rings. The molecule has 1 N–H and O–H groups in total. The van der Waals surface area contributed by atoms with Crippen molar-refractivity contribution in [3.05, 3.63) is 49.1 Å². The van der Waals surface area contributed by atoms with Crippen LogP contribution in [0.2, 0.25) is 10.0 Å². The van der Waals surface area contributed by atoms with E-state index in [1.807, 2.05) is 6.92 Å². The fraction of sp³-hybridized carbons (Fsp3) is 0.294. The Balaban J connectivity index is 1.97. The third kappa shape index (κ3) is 3.00. The van der Waals surface area contributed by atoms with Crippen LogP contribution in [0.3, 0.4) is 0 Å². The van der Waals surface area contributed by atoms with Crippen LogP contribution in [0.25, 0.3) is 16.7 Å². The van der Waals surface area contributed by atoms with Gasteiger partial charge in [-0.15, -0.1) is 0 Å². The number of hydrogen-bond acceptors (Lipinski definition) is 5. The first-order valence-electron chi connectivity index (χ1n) is 8.19. The second kappa shape index (κ2) is 6.64. The molecule has 3 heterocycles. The van der Waals surface area contributed by atoms with Crippen molar-refractivity contribution in [2.45, 2.75) is 19.8 Å². The Morgan fingerprint density at radius 3 is 2.42 bits per heavy atom. The highest BCUT2D eigenvalue weighted by Gasteiger charge is 2.18. The normalized spacial score (nSPS) is 14.3. The number of nitrogens with one attached hydrogen (secondary N) is 1. The molecule has 26 heavy (non-hydrogen) atoms. The molecule has 1 aliphatic rings. The van der Waals surface area contributed by atoms with Crippen molar-refractivity contribution in [2.75, 3.05) is 18.0 Å². The van der Waals surface area contributed by atoms with Crippen LogP contribution >= 0.6 is 35.4 Å². The van der Waals surface area contributed by atoms with Crippen molar-refractivity contribution in [3.63, 3.8) is 0 Å². The topological polar surface area (TPSA) is 66.8 Å².